The zero-order valence-electron chi connectivity index (χ0n) is 22.8. The Morgan fingerprint density at radius 2 is 1.08 bits per heavy atom. The molecule has 4 amide bonds. The Labute approximate surface area is 231 Å². The molecule has 2 aliphatic heterocycles. The lowest BCUT2D eigenvalue weighted by molar-refractivity contribution is -0.126. The minimum Gasteiger partial charge on any atom is -0.444 e. The predicted molar refractivity (Wildman–Crippen MR) is 144 cm³/mol. The largest absolute Gasteiger partial charge is 0.444 e. The minimum atomic E-state index is -0.882. The van der Waals surface area contributed by atoms with Crippen molar-refractivity contribution in [2.24, 2.45) is 0 Å². The van der Waals surface area contributed by atoms with Crippen LogP contribution in [-0.2, 0) is 28.7 Å². The Morgan fingerprint density at radius 1 is 0.737 bits per heavy atom. The number of rotatable bonds is 9. The van der Waals surface area contributed by atoms with Crippen molar-refractivity contribution in [3.63, 3.8) is 0 Å². The SMILES string of the molecule is CC(C)(C)OC(=O)N1CC(=O)C[C@H]1C(=O)NCCSSCCNC(=O)[C@@H]1CC(=O)CN1C(=O)OC(C)(C)C. The number of ketones is 2. The molecule has 214 valence electrons. The number of nitrogens with zero attached hydrogens (tertiary/aromatic N) is 2. The van der Waals surface area contributed by atoms with Crippen molar-refractivity contribution in [2.45, 2.75) is 77.7 Å². The summed E-state index contributed by atoms with van der Waals surface area (Å²) in [7, 11) is 2.98. The van der Waals surface area contributed by atoms with Gasteiger partial charge in [0.05, 0.1) is 13.1 Å². The lowest BCUT2D eigenvalue weighted by Crippen LogP contribution is -2.48. The number of Topliss-reactive ketones (excluding diaryl/α,β-unsaturated/α-hetero) is 2. The Bertz CT molecular complexity index is 857. The Balaban J connectivity index is 1.65. The molecule has 2 rings (SSSR count). The van der Waals surface area contributed by atoms with Crippen LogP contribution in [0.3, 0.4) is 0 Å². The molecule has 0 aromatic heterocycles. The number of amides is 4. The van der Waals surface area contributed by atoms with E-state index in [-0.39, 0.29) is 37.5 Å². The van der Waals surface area contributed by atoms with E-state index in [2.05, 4.69) is 10.6 Å². The van der Waals surface area contributed by atoms with Crippen LogP contribution in [0.15, 0.2) is 0 Å². The summed E-state index contributed by atoms with van der Waals surface area (Å²) in [6.07, 6.45) is -1.45. The normalized spacial score (nSPS) is 19.9. The molecule has 0 aromatic rings. The molecular formula is C24H38N4O8S2. The third kappa shape index (κ3) is 10.4. The fraction of sp³-hybridized carbons (Fsp3) is 0.750. The lowest BCUT2D eigenvalue weighted by atomic mass is 10.2. The molecule has 0 spiro atoms. The Morgan fingerprint density at radius 3 is 1.39 bits per heavy atom. The van der Waals surface area contributed by atoms with Gasteiger partial charge in [0.15, 0.2) is 11.6 Å². The average molecular weight is 575 g/mol. The zero-order valence-corrected chi connectivity index (χ0v) is 24.4. The Kier molecular flexibility index (Phi) is 11.3. The number of ether oxygens (including phenoxy) is 2. The molecule has 2 N–H and O–H groups in total. The van der Waals surface area contributed by atoms with Gasteiger partial charge in [-0.15, -0.1) is 0 Å². The maximum absolute atomic E-state index is 12.5. The zero-order chi connectivity index (χ0) is 28.7. The first-order valence-electron chi connectivity index (χ1n) is 12.4. The van der Waals surface area contributed by atoms with Crippen LogP contribution in [0.25, 0.3) is 0 Å². The second-order valence-corrected chi connectivity index (χ2v) is 13.7. The van der Waals surface area contributed by atoms with Gasteiger partial charge >= 0.3 is 12.2 Å². The number of carbonyl (C=O) groups excluding carboxylic acids is 6. The van der Waals surface area contributed by atoms with Crippen LogP contribution in [0.2, 0.25) is 0 Å². The van der Waals surface area contributed by atoms with Gasteiger partial charge in [-0.25, -0.2) is 9.59 Å². The number of hydrogen-bond acceptors (Lipinski definition) is 10. The van der Waals surface area contributed by atoms with E-state index in [4.69, 9.17) is 9.47 Å². The topological polar surface area (TPSA) is 151 Å². The van der Waals surface area contributed by atoms with Crippen LogP contribution in [0, 0.1) is 0 Å². The van der Waals surface area contributed by atoms with E-state index in [1.165, 1.54) is 21.6 Å². The van der Waals surface area contributed by atoms with Crippen molar-refractivity contribution in [2.75, 3.05) is 37.7 Å². The van der Waals surface area contributed by atoms with Gasteiger partial charge in [-0.1, -0.05) is 21.6 Å². The summed E-state index contributed by atoms with van der Waals surface area (Å²) in [5, 5.41) is 5.50. The molecule has 0 bridgehead atoms. The van der Waals surface area contributed by atoms with E-state index in [9.17, 15) is 28.8 Å². The summed E-state index contributed by atoms with van der Waals surface area (Å²) < 4.78 is 10.6. The van der Waals surface area contributed by atoms with Crippen LogP contribution < -0.4 is 10.6 Å². The van der Waals surface area contributed by atoms with Gasteiger partial charge in [0.25, 0.3) is 0 Å². The van der Waals surface area contributed by atoms with Gasteiger partial charge in [-0.05, 0) is 41.5 Å². The summed E-state index contributed by atoms with van der Waals surface area (Å²) in [5.41, 5.74) is -1.47. The smallest absolute Gasteiger partial charge is 0.411 e. The van der Waals surface area contributed by atoms with Crippen molar-refractivity contribution in [3.05, 3.63) is 0 Å². The van der Waals surface area contributed by atoms with E-state index in [0.29, 0.717) is 24.6 Å². The second-order valence-electron chi connectivity index (χ2n) is 11.0. The molecule has 0 aliphatic carbocycles. The van der Waals surface area contributed by atoms with Crippen molar-refractivity contribution < 1.29 is 38.2 Å². The van der Waals surface area contributed by atoms with E-state index in [1.54, 1.807) is 41.5 Å². The third-order valence-electron chi connectivity index (χ3n) is 5.20. The van der Waals surface area contributed by atoms with E-state index in [0.717, 1.165) is 9.80 Å². The molecule has 0 unspecified atom stereocenters. The first-order valence-corrected chi connectivity index (χ1v) is 14.9. The minimum absolute atomic E-state index is 0.0371. The third-order valence-corrected chi connectivity index (χ3v) is 7.61. The van der Waals surface area contributed by atoms with Gasteiger partial charge in [-0.3, -0.25) is 29.0 Å². The molecule has 0 aromatic carbocycles. The monoisotopic (exact) mass is 574 g/mol. The van der Waals surface area contributed by atoms with E-state index >= 15 is 0 Å². The molecule has 2 atom stereocenters. The first kappa shape index (κ1) is 31.7. The fourth-order valence-corrected chi connectivity index (χ4v) is 5.47. The molecule has 2 aliphatic rings. The summed E-state index contributed by atoms with van der Waals surface area (Å²) >= 11 is 0. The fourth-order valence-electron chi connectivity index (χ4n) is 3.66. The maximum Gasteiger partial charge on any atom is 0.411 e. The summed E-state index contributed by atoms with van der Waals surface area (Å²) in [6.45, 7) is 10.7. The number of hydrogen-bond donors (Lipinski definition) is 2. The van der Waals surface area contributed by atoms with Crippen molar-refractivity contribution >= 4 is 57.2 Å². The first-order chi connectivity index (χ1) is 17.6. The second kappa shape index (κ2) is 13.5. The maximum atomic E-state index is 12.5. The Hall–Kier alpha value is -2.48. The molecule has 2 saturated heterocycles. The van der Waals surface area contributed by atoms with Crippen molar-refractivity contribution in [1.82, 2.24) is 20.4 Å². The molecule has 0 radical (unpaired) electrons. The standard InChI is InChI=1S/C24H38N4O8S2/c1-23(2,3)35-21(33)27-13-15(29)11-17(27)19(31)25-7-9-37-38-10-8-26-20(32)18-12-16(30)14-28(18)22(34)36-24(4,5)6/h17-18H,7-14H2,1-6H3,(H,25,31)(H,26,32)/t17-,18-/m0/s1. The predicted octanol–water partition coefficient (Wildman–Crippen LogP) is 1.76. The molecule has 14 heteroatoms. The molecule has 2 heterocycles. The van der Waals surface area contributed by atoms with Crippen LogP contribution in [0.5, 0.6) is 0 Å². The molecule has 12 nitrogen and oxygen atoms in total. The van der Waals surface area contributed by atoms with Crippen LogP contribution in [0.1, 0.15) is 54.4 Å². The van der Waals surface area contributed by atoms with Gasteiger partial charge < -0.3 is 20.1 Å². The van der Waals surface area contributed by atoms with Gasteiger partial charge in [-0.2, -0.15) is 0 Å². The number of carbonyl (C=O) groups is 6. The number of nitrogens with one attached hydrogen (secondary N) is 2. The summed E-state index contributed by atoms with van der Waals surface area (Å²) in [5.74, 6) is -0.0547. The lowest BCUT2D eigenvalue weighted by Gasteiger charge is -2.27. The average Bonchev–Trinajstić information content (AvgIpc) is 3.36. The van der Waals surface area contributed by atoms with Crippen LogP contribution in [0.4, 0.5) is 9.59 Å². The van der Waals surface area contributed by atoms with Crippen LogP contribution >= 0.6 is 21.6 Å². The van der Waals surface area contributed by atoms with Crippen molar-refractivity contribution in [1.29, 1.82) is 0 Å². The highest BCUT2D eigenvalue weighted by Crippen LogP contribution is 2.22. The molecule has 0 saturated carbocycles. The van der Waals surface area contributed by atoms with Gasteiger partial charge in [0.2, 0.25) is 11.8 Å². The molecular weight excluding hydrogens is 536 g/mol. The highest BCUT2D eigenvalue weighted by Gasteiger charge is 2.41. The summed E-state index contributed by atoms with van der Waals surface area (Å²) in [6, 6.07) is -1.76. The van der Waals surface area contributed by atoms with Crippen LogP contribution in [-0.4, -0.2) is 106 Å². The quantitative estimate of drug-likeness (QED) is 0.308. The highest BCUT2D eigenvalue weighted by atomic mass is 33.1. The van der Waals surface area contributed by atoms with Crippen molar-refractivity contribution in [3.8, 4) is 0 Å². The van der Waals surface area contributed by atoms with E-state index in [1.807, 2.05) is 0 Å². The van der Waals surface area contributed by atoms with E-state index < -0.39 is 47.3 Å². The molecule has 38 heavy (non-hydrogen) atoms. The van der Waals surface area contributed by atoms with Gasteiger partial charge in [0, 0.05) is 37.4 Å². The summed E-state index contributed by atoms with van der Waals surface area (Å²) in [4.78, 5) is 75.8. The molecule has 2 fully saturated rings. The number of likely N-dealkylation sites (tertiary alicyclic amines) is 2. The highest BCUT2D eigenvalue weighted by molar-refractivity contribution is 8.76. The van der Waals surface area contributed by atoms with Gasteiger partial charge in [0.1, 0.15) is 23.3 Å².